The minimum atomic E-state index is -0.443. The number of amides is 2. The summed E-state index contributed by atoms with van der Waals surface area (Å²) in [6, 6.07) is 15.3. The lowest BCUT2D eigenvalue weighted by Gasteiger charge is -2.16. The molecule has 32 heavy (non-hydrogen) atoms. The van der Waals surface area contributed by atoms with Crippen LogP contribution in [0.4, 0.5) is 5.69 Å². The molecule has 0 spiro atoms. The van der Waals surface area contributed by atoms with Crippen molar-refractivity contribution < 1.29 is 28.2 Å². The molecule has 0 radical (unpaired) electrons. The first-order chi connectivity index (χ1) is 15.4. The number of hydrogen-bond donors (Lipinski definition) is 1. The van der Waals surface area contributed by atoms with Crippen LogP contribution in [0.2, 0.25) is 5.02 Å². The largest absolute Gasteiger partial charge is 0.495 e. The van der Waals surface area contributed by atoms with E-state index in [4.69, 9.17) is 30.2 Å². The molecule has 0 fully saturated rings. The standard InChI is InChI=1S/C23H23ClN2O6/c1-26(13-22(27)25-17-12-15(24)8-10-18(17)29-2)23(28)21-11-9-16(32-21)14-31-20-7-5-4-6-19(20)30-3/h4-12H,13-14H2,1-3H3,(H,25,27). The second kappa shape index (κ2) is 10.6. The van der Waals surface area contributed by atoms with Crippen LogP contribution in [-0.4, -0.2) is 44.5 Å². The number of furan rings is 1. The molecule has 0 aliphatic rings. The van der Waals surface area contributed by atoms with Crippen molar-refractivity contribution in [3.8, 4) is 17.2 Å². The van der Waals surface area contributed by atoms with Crippen LogP contribution in [0.5, 0.6) is 17.2 Å². The Morgan fingerprint density at radius 1 is 1.00 bits per heavy atom. The Balaban J connectivity index is 1.57. The summed E-state index contributed by atoms with van der Waals surface area (Å²) in [5.74, 6) is 1.32. The fourth-order valence-electron chi connectivity index (χ4n) is 2.90. The fraction of sp³-hybridized carbons (Fsp3) is 0.217. The molecule has 0 aliphatic carbocycles. The van der Waals surface area contributed by atoms with E-state index in [9.17, 15) is 9.59 Å². The number of rotatable bonds is 9. The van der Waals surface area contributed by atoms with E-state index >= 15 is 0 Å². The minimum absolute atomic E-state index is 0.0965. The number of nitrogens with one attached hydrogen (secondary N) is 1. The van der Waals surface area contributed by atoms with Gasteiger partial charge in [-0.15, -0.1) is 0 Å². The predicted octanol–water partition coefficient (Wildman–Crippen LogP) is 4.24. The normalized spacial score (nSPS) is 10.4. The van der Waals surface area contributed by atoms with Gasteiger partial charge >= 0.3 is 0 Å². The van der Waals surface area contributed by atoms with Crippen molar-refractivity contribution >= 4 is 29.1 Å². The van der Waals surface area contributed by atoms with Crippen LogP contribution in [0, 0.1) is 0 Å². The van der Waals surface area contributed by atoms with Crippen molar-refractivity contribution in [2.24, 2.45) is 0 Å². The maximum absolute atomic E-state index is 12.6. The van der Waals surface area contributed by atoms with Gasteiger partial charge in [0.05, 0.1) is 26.5 Å². The molecule has 0 bridgehead atoms. The summed E-state index contributed by atoms with van der Waals surface area (Å²) in [6.07, 6.45) is 0. The summed E-state index contributed by atoms with van der Waals surface area (Å²) in [5.41, 5.74) is 0.416. The number of benzene rings is 2. The van der Waals surface area contributed by atoms with Crippen LogP contribution in [0.3, 0.4) is 0 Å². The van der Waals surface area contributed by atoms with E-state index in [1.54, 1.807) is 43.5 Å². The zero-order valence-electron chi connectivity index (χ0n) is 17.9. The molecule has 0 saturated heterocycles. The molecule has 1 aromatic heterocycles. The van der Waals surface area contributed by atoms with Gasteiger partial charge in [0.15, 0.2) is 17.3 Å². The first-order valence-electron chi connectivity index (χ1n) is 9.64. The van der Waals surface area contributed by atoms with E-state index in [1.807, 2.05) is 12.1 Å². The van der Waals surface area contributed by atoms with Crippen LogP contribution in [0.25, 0.3) is 0 Å². The lowest BCUT2D eigenvalue weighted by Crippen LogP contribution is -2.34. The molecule has 0 saturated carbocycles. The number of likely N-dealkylation sites (N-methyl/N-ethyl adjacent to an activating group) is 1. The van der Waals surface area contributed by atoms with Gasteiger partial charge in [0.25, 0.3) is 5.91 Å². The van der Waals surface area contributed by atoms with E-state index < -0.39 is 11.8 Å². The smallest absolute Gasteiger partial charge is 0.289 e. The Labute approximate surface area is 190 Å². The maximum atomic E-state index is 12.6. The Morgan fingerprint density at radius 2 is 1.72 bits per heavy atom. The van der Waals surface area contributed by atoms with Gasteiger partial charge in [-0.1, -0.05) is 23.7 Å². The second-order valence-corrected chi connectivity index (χ2v) is 7.20. The lowest BCUT2D eigenvalue weighted by atomic mass is 10.3. The molecule has 1 heterocycles. The van der Waals surface area contributed by atoms with Crippen molar-refractivity contribution in [1.29, 1.82) is 0 Å². The second-order valence-electron chi connectivity index (χ2n) is 6.76. The molecule has 0 unspecified atom stereocenters. The third-order valence-corrected chi connectivity index (χ3v) is 4.71. The Hall–Kier alpha value is -3.65. The van der Waals surface area contributed by atoms with Crippen LogP contribution >= 0.6 is 11.6 Å². The summed E-state index contributed by atoms with van der Waals surface area (Å²) >= 11 is 5.98. The molecule has 8 nitrogen and oxygen atoms in total. The Bertz CT molecular complexity index is 1100. The maximum Gasteiger partial charge on any atom is 0.289 e. The molecule has 0 aliphatic heterocycles. The topological polar surface area (TPSA) is 90.2 Å². The van der Waals surface area contributed by atoms with Crippen LogP contribution < -0.4 is 19.5 Å². The van der Waals surface area contributed by atoms with Crippen molar-refractivity contribution in [3.05, 3.63) is 71.1 Å². The number of hydrogen-bond acceptors (Lipinski definition) is 6. The molecule has 2 aromatic carbocycles. The summed E-state index contributed by atoms with van der Waals surface area (Å²) < 4.78 is 21.7. The van der Waals surface area contributed by atoms with Crippen LogP contribution in [-0.2, 0) is 11.4 Å². The highest BCUT2D eigenvalue weighted by atomic mass is 35.5. The number of nitrogens with zero attached hydrogens (tertiary/aromatic N) is 1. The third-order valence-electron chi connectivity index (χ3n) is 4.47. The minimum Gasteiger partial charge on any atom is -0.495 e. The highest BCUT2D eigenvalue weighted by Gasteiger charge is 2.19. The van der Waals surface area contributed by atoms with Gasteiger partial charge in [0.1, 0.15) is 18.1 Å². The van der Waals surface area contributed by atoms with Gasteiger partial charge in [-0.2, -0.15) is 0 Å². The van der Waals surface area contributed by atoms with Crippen molar-refractivity contribution in [2.45, 2.75) is 6.61 Å². The number of ether oxygens (including phenoxy) is 3. The molecule has 1 N–H and O–H groups in total. The zero-order chi connectivity index (χ0) is 23.1. The van der Waals surface area contributed by atoms with Crippen molar-refractivity contribution in [3.63, 3.8) is 0 Å². The molecular formula is C23H23ClN2O6. The van der Waals surface area contributed by atoms with Gasteiger partial charge in [0, 0.05) is 12.1 Å². The number of para-hydroxylation sites is 2. The van der Waals surface area contributed by atoms with Gasteiger partial charge in [-0.05, 0) is 42.5 Å². The van der Waals surface area contributed by atoms with Gasteiger partial charge < -0.3 is 28.8 Å². The van der Waals surface area contributed by atoms with E-state index in [1.165, 1.54) is 25.1 Å². The Kier molecular flexibility index (Phi) is 7.62. The average Bonchev–Trinajstić information content (AvgIpc) is 3.26. The number of anilines is 1. The highest BCUT2D eigenvalue weighted by molar-refractivity contribution is 6.31. The van der Waals surface area contributed by atoms with E-state index in [-0.39, 0.29) is 18.9 Å². The van der Waals surface area contributed by atoms with Gasteiger partial charge in [-0.3, -0.25) is 9.59 Å². The molecular weight excluding hydrogens is 436 g/mol. The first-order valence-corrected chi connectivity index (χ1v) is 10.0. The van der Waals surface area contributed by atoms with Gasteiger partial charge in [0.2, 0.25) is 5.91 Å². The predicted molar refractivity (Wildman–Crippen MR) is 120 cm³/mol. The molecule has 168 valence electrons. The monoisotopic (exact) mass is 458 g/mol. The van der Waals surface area contributed by atoms with Gasteiger partial charge in [-0.25, -0.2) is 0 Å². The van der Waals surface area contributed by atoms with Crippen molar-refractivity contribution in [2.75, 3.05) is 33.1 Å². The van der Waals surface area contributed by atoms with E-state index in [2.05, 4.69) is 5.32 Å². The Morgan fingerprint density at radius 3 is 2.44 bits per heavy atom. The molecule has 9 heteroatoms. The van der Waals surface area contributed by atoms with Crippen LogP contribution in [0.1, 0.15) is 16.3 Å². The number of carbonyl (C=O) groups excluding carboxylic acids is 2. The number of halogens is 1. The summed E-state index contributed by atoms with van der Waals surface area (Å²) in [7, 11) is 4.55. The summed E-state index contributed by atoms with van der Waals surface area (Å²) in [4.78, 5) is 26.3. The average molecular weight is 459 g/mol. The summed E-state index contributed by atoms with van der Waals surface area (Å²) in [6.45, 7) is -0.0747. The molecule has 2 amide bonds. The van der Waals surface area contributed by atoms with Crippen LogP contribution in [0.15, 0.2) is 59.0 Å². The zero-order valence-corrected chi connectivity index (χ0v) is 18.6. The van der Waals surface area contributed by atoms with Crippen molar-refractivity contribution in [1.82, 2.24) is 4.90 Å². The van der Waals surface area contributed by atoms with E-state index in [0.717, 1.165) is 0 Å². The number of methoxy groups -OCH3 is 2. The molecule has 0 atom stereocenters. The first kappa shape index (κ1) is 23.0. The number of carbonyl (C=O) groups is 2. The summed E-state index contributed by atoms with van der Waals surface area (Å²) in [5, 5.41) is 3.14. The third kappa shape index (κ3) is 5.73. The quantitative estimate of drug-likeness (QED) is 0.515. The highest BCUT2D eigenvalue weighted by Crippen LogP contribution is 2.28. The molecule has 3 aromatic rings. The van der Waals surface area contributed by atoms with E-state index in [0.29, 0.717) is 33.7 Å². The lowest BCUT2D eigenvalue weighted by molar-refractivity contribution is -0.116. The SMILES string of the molecule is COc1ccc(Cl)cc1NC(=O)CN(C)C(=O)c1ccc(COc2ccccc2OC)o1. The fourth-order valence-corrected chi connectivity index (χ4v) is 3.07. The molecule has 3 rings (SSSR count).